The Morgan fingerprint density at radius 1 is 1.09 bits per heavy atom. The average Bonchev–Trinajstić information content (AvgIpc) is 3.10. The number of aryl methyl sites for hydroxylation is 2. The van der Waals surface area contributed by atoms with Gasteiger partial charge in [-0.3, -0.25) is 9.59 Å². The first-order valence-electron chi connectivity index (χ1n) is 10.8. The number of amides is 1. The molecule has 0 aliphatic rings. The molecule has 6 nitrogen and oxygen atoms in total. The quantitative estimate of drug-likeness (QED) is 0.523. The van der Waals surface area contributed by atoms with Gasteiger partial charge in [0.1, 0.15) is 16.6 Å². The van der Waals surface area contributed by atoms with Gasteiger partial charge in [0.15, 0.2) is 5.78 Å². The molecule has 176 valence electrons. The summed E-state index contributed by atoms with van der Waals surface area (Å²) in [5, 5.41) is 0. The van der Waals surface area contributed by atoms with E-state index in [1.807, 2.05) is 39.0 Å². The van der Waals surface area contributed by atoms with Crippen LogP contribution in [0.25, 0.3) is 0 Å². The molecule has 0 atom stereocenters. The molecule has 2 rings (SSSR count). The van der Waals surface area contributed by atoms with Gasteiger partial charge in [-0.05, 0) is 55.5 Å². The van der Waals surface area contributed by atoms with Crippen LogP contribution in [0.2, 0.25) is 0 Å². The highest BCUT2D eigenvalue weighted by molar-refractivity contribution is 7.92. The number of ketones is 1. The van der Waals surface area contributed by atoms with Gasteiger partial charge in [0, 0.05) is 23.1 Å². The van der Waals surface area contributed by atoms with Gasteiger partial charge in [0.2, 0.25) is 5.91 Å². The zero-order valence-corrected chi connectivity index (χ0v) is 21.5. The Morgan fingerprint density at radius 3 is 2.22 bits per heavy atom. The van der Waals surface area contributed by atoms with Crippen LogP contribution < -0.4 is 9.46 Å². The van der Waals surface area contributed by atoms with E-state index in [4.69, 9.17) is 4.74 Å². The van der Waals surface area contributed by atoms with E-state index in [-0.39, 0.29) is 27.9 Å². The van der Waals surface area contributed by atoms with Gasteiger partial charge in [-0.2, -0.15) is 0 Å². The minimum absolute atomic E-state index is 0.0407. The second kappa shape index (κ2) is 10.2. The van der Waals surface area contributed by atoms with E-state index >= 15 is 0 Å². The van der Waals surface area contributed by atoms with Crippen molar-refractivity contribution in [2.75, 3.05) is 6.61 Å². The van der Waals surface area contributed by atoms with Crippen molar-refractivity contribution >= 4 is 33.1 Å². The predicted molar refractivity (Wildman–Crippen MR) is 128 cm³/mol. The highest BCUT2D eigenvalue weighted by Gasteiger charge is 2.35. The molecule has 0 aliphatic heterocycles. The molecule has 2 aromatic rings. The molecule has 0 saturated heterocycles. The maximum Gasteiger partial charge on any atom is 0.273 e. The number of thiophene rings is 1. The molecule has 0 spiro atoms. The standard InChI is InChI=1S/C24H33NO5S2/c1-8-24(9-2,22-13-17(6)23(31-22)32(28,29)25-18(7)26)19-10-11-21(16(5)12-19)30-14-20(27)15(3)4/h10-13,15H,8-9,14H2,1-7H3,(H,25,26). The van der Waals surface area contributed by atoms with Gasteiger partial charge >= 0.3 is 0 Å². The average molecular weight is 480 g/mol. The lowest BCUT2D eigenvalue weighted by Crippen LogP contribution is -2.28. The molecular weight excluding hydrogens is 446 g/mol. The number of carbonyl (C=O) groups is 2. The monoisotopic (exact) mass is 479 g/mol. The topological polar surface area (TPSA) is 89.5 Å². The Bertz CT molecular complexity index is 1100. The fourth-order valence-corrected chi connectivity index (χ4v) is 6.82. The molecule has 1 aromatic heterocycles. The molecule has 8 heteroatoms. The summed E-state index contributed by atoms with van der Waals surface area (Å²) in [5.41, 5.74) is 2.22. The second-order valence-electron chi connectivity index (χ2n) is 8.42. The lowest BCUT2D eigenvalue weighted by atomic mass is 9.74. The number of rotatable bonds is 10. The summed E-state index contributed by atoms with van der Waals surface area (Å²) >= 11 is 1.21. The van der Waals surface area contributed by atoms with Crippen LogP contribution in [0.4, 0.5) is 0 Å². The lowest BCUT2D eigenvalue weighted by Gasteiger charge is -2.32. The molecule has 1 N–H and O–H groups in total. The molecule has 0 aliphatic carbocycles. The van der Waals surface area contributed by atoms with E-state index in [1.54, 1.807) is 6.92 Å². The largest absolute Gasteiger partial charge is 0.486 e. The molecule has 0 unspecified atom stereocenters. The summed E-state index contributed by atoms with van der Waals surface area (Å²) in [6.45, 7) is 12.8. The summed E-state index contributed by atoms with van der Waals surface area (Å²) < 4.78 is 33.2. The number of nitrogens with one attached hydrogen (secondary N) is 1. The summed E-state index contributed by atoms with van der Waals surface area (Å²) in [4.78, 5) is 24.2. The van der Waals surface area contributed by atoms with E-state index in [0.717, 1.165) is 28.8 Å². The summed E-state index contributed by atoms with van der Waals surface area (Å²) in [5.74, 6) is 0.0262. The van der Waals surface area contributed by atoms with Gasteiger partial charge in [0.25, 0.3) is 10.0 Å². The fourth-order valence-electron chi connectivity index (χ4n) is 3.78. The van der Waals surface area contributed by atoms with Crippen molar-refractivity contribution in [3.8, 4) is 5.75 Å². The summed E-state index contributed by atoms with van der Waals surface area (Å²) in [6, 6.07) is 7.84. The van der Waals surface area contributed by atoms with Gasteiger partial charge < -0.3 is 4.74 Å². The Labute approximate surface area is 195 Å². The zero-order chi connectivity index (χ0) is 24.3. The molecule has 0 bridgehead atoms. The lowest BCUT2D eigenvalue weighted by molar-refractivity contribution is -0.124. The fraction of sp³-hybridized carbons (Fsp3) is 0.500. The smallest absolute Gasteiger partial charge is 0.273 e. The van der Waals surface area contributed by atoms with Crippen molar-refractivity contribution in [3.63, 3.8) is 0 Å². The molecule has 0 radical (unpaired) electrons. The number of sulfonamides is 1. The minimum Gasteiger partial charge on any atom is -0.486 e. The van der Waals surface area contributed by atoms with Crippen molar-refractivity contribution in [3.05, 3.63) is 45.8 Å². The van der Waals surface area contributed by atoms with E-state index in [1.165, 1.54) is 18.3 Å². The van der Waals surface area contributed by atoms with Crippen molar-refractivity contribution in [1.29, 1.82) is 0 Å². The van der Waals surface area contributed by atoms with Gasteiger partial charge in [-0.15, -0.1) is 11.3 Å². The predicted octanol–water partition coefficient (Wildman–Crippen LogP) is 4.90. The summed E-state index contributed by atoms with van der Waals surface area (Å²) in [6.07, 6.45) is 1.54. The van der Waals surface area contributed by atoms with Crippen molar-refractivity contribution in [2.45, 2.75) is 70.9 Å². The van der Waals surface area contributed by atoms with Crippen LogP contribution in [-0.4, -0.2) is 26.7 Å². The Hall–Kier alpha value is -2.19. The molecule has 0 saturated carbocycles. The van der Waals surface area contributed by atoms with Gasteiger partial charge in [-0.1, -0.05) is 39.8 Å². The molecular formula is C24H33NO5S2. The Kier molecular flexibility index (Phi) is 8.28. The van der Waals surface area contributed by atoms with E-state index in [9.17, 15) is 18.0 Å². The van der Waals surface area contributed by atoms with Crippen LogP contribution in [0.1, 0.15) is 69.0 Å². The Morgan fingerprint density at radius 2 is 1.72 bits per heavy atom. The number of ether oxygens (including phenoxy) is 1. The highest BCUT2D eigenvalue weighted by atomic mass is 32.2. The number of carbonyl (C=O) groups excluding carboxylic acids is 2. The minimum atomic E-state index is -3.90. The van der Waals surface area contributed by atoms with Crippen LogP contribution in [0.15, 0.2) is 28.5 Å². The Balaban J connectivity index is 2.47. The molecule has 1 amide bonds. The maximum atomic E-state index is 12.6. The SMILES string of the molecule is CCC(CC)(c1ccc(OCC(=O)C(C)C)c(C)c1)c1cc(C)c(S(=O)(=O)NC(C)=O)s1. The van der Waals surface area contributed by atoms with E-state index in [2.05, 4.69) is 24.6 Å². The van der Waals surface area contributed by atoms with Crippen LogP contribution in [0, 0.1) is 19.8 Å². The van der Waals surface area contributed by atoms with Crippen molar-refractivity contribution < 1.29 is 22.7 Å². The second-order valence-corrected chi connectivity index (χ2v) is 11.4. The first kappa shape index (κ1) is 26.1. The number of hydrogen-bond donors (Lipinski definition) is 1. The first-order chi connectivity index (χ1) is 14.9. The highest BCUT2D eigenvalue weighted by Crippen LogP contribution is 2.45. The third-order valence-electron chi connectivity index (χ3n) is 5.81. The first-order valence-corrected chi connectivity index (χ1v) is 13.1. The molecule has 32 heavy (non-hydrogen) atoms. The summed E-state index contributed by atoms with van der Waals surface area (Å²) in [7, 11) is -3.90. The van der Waals surface area contributed by atoms with Crippen LogP contribution in [0.3, 0.4) is 0 Å². The number of Topliss-reactive ketones (excluding diaryl/α,β-unsaturated/α-hetero) is 1. The normalized spacial score (nSPS) is 12.1. The van der Waals surface area contributed by atoms with Crippen LogP contribution >= 0.6 is 11.3 Å². The van der Waals surface area contributed by atoms with Gasteiger partial charge in [-0.25, -0.2) is 13.1 Å². The van der Waals surface area contributed by atoms with Crippen LogP contribution in [0.5, 0.6) is 5.75 Å². The third kappa shape index (κ3) is 5.41. The van der Waals surface area contributed by atoms with Gasteiger partial charge in [0.05, 0.1) is 0 Å². The van der Waals surface area contributed by atoms with Crippen LogP contribution in [-0.2, 0) is 25.0 Å². The van der Waals surface area contributed by atoms with Crippen molar-refractivity contribution in [1.82, 2.24) is 4.72 Å². The van der Waals surface area contributed by atoms with E-state index in [0.29, 0.717) is 11.3 Å². The number of hydrogen-bond acceptors (Lipinski definition) is 6. The van der Waals surface area contributed by atoms with Crippen molar-refractivity contribution in [2.24, 2.45) is 5.92 Å². The molecule has 1 heterocycles. The third-order valence-corrected chi connectivity index (χ3v) is 9.32. The van der Waals surface area contributed by atoms with E-state index < -0.39 is 15.9 Å². The number of benzene rings is 1. The maximum absolute atomic E-state index is 12.6. The zero-order valence-electron chi connectivity index (χ0n) is 19.9. The molecule has 0 fully saturated rings. The molecule has 1 aromatic carbocycles.